The van der Waals surface area contributed by atoms with E-state index in [1.807, 2.05) is 0 Å². The second-order valence-electron chi connectivity index (χ2n) is 5.01. The van der Waals surface area contributed by atoms with Gasteiger partial charge in [-0.25, -0.2) is 9.97 Å². The van der Waals surface area contributed by atoms with Crippen LogP contribution in [0.15, 0.2) is 11.2 Å². The van der Waals surface area contributed by atoms with Gasteiger partial charge in [-0.1, -0.05) is 20.8 Å². The van der Waals surface area contributed by atoms with E-state index in [4.69, 9.17) is 0 Å². The van der Waals surface area contributed by atoms with Gasteiger partial charge in [0.15, 0.2) is 0 Å². The van der Waals surface area contributed by atoms with Crippen LogP contribution in [-0.2, 0) is 21.4 Å². The van der Waals surface area contributed by atoms with E-state index in [1.165, 1.54) is 0 Å². The van der Waals surface area contributed by atoms with Crippen molar-refractivity contribution in [1.29, 1.82) is 0 Å². The largest absolute Gasteiger partial charge is 0.263 e. The first-order valence-electron chi connectivity index (χ1n) is 5.02. The molecule has 0 N–H and O–H groups in total. The lowest BCUT2D eigenvalue weighted by Crippen LogP contribution is -2.18. The summed E-state index contributed by atoms with van der Waals surface area (Å²) in [5.74, 6) is 4.45. The molecule has 0 fully saturated rings. The maximum atomic E-state index is 12.3. The highest BCUT2D eigenvalue weighted by atomic mass is 32.2. The third kappa shape index (κ3) is 1.67. The molecule has 0 aliphatic carbocycles. The van der Waals surface area contributed by atoms with E-state index < -0.39 is 9.52 Å². The summed E-state index contributed by atoms with van der Waals surface area (Å²) in [6, 6.07) is 0. The summed E-state index contributed by atoms with van der Waals surface area (Å²) in [7, 11) is -2.14. The molecule has 2 heterocycles. The van der Waals surface area contributed by atoms with Crippen LogP contribution in [0, 0.1) is 0 Å². The Balaban J connectivity index is 2.76. The van der Waals surface area contributed by atoms with Crippen molar-refractivity contribution in [2.45, 2.75) is 37.5 Å². The number of nitrogens with zero attached hydrogens (tertiary/aromatic N) is 2. The van der Waals surface area contributed by atoms with Gasteiger partial charge in [-0.05, 0) is 15.4 Å². The Bertz CT molecular complexity index is 498. The van der Waals surface area contributed by atoms with Crippen molar-refractivity contribution in [3.8, 4) is 0 Å². The Morgan fingerprint density at radius 2 is 2.07 bits per heavy atom. The molecule has 0 bridgehead atoms. The van der Waals surface area contributed by atoms with Crippen LogP contribution in [0.3, 0.4) is 0 Å². The minimum atomic E-state index is -2.14. The first-order chi connectivity index (χ1) is 6.82. The summed E-state index contributed by atoms with van der Waals surface area (Å²) < 4.78 is 12.3. The minimum Gasteiger partial charge on any atom is -0.263 e. The summed E-state index contributed by atoms with van der Waals surface area (Å²) >= 11 is 0. The molecule has 0 aromatic carbocycles. The monoisotopic (exact) mass is 224 g/mol. The molecule has 4 heteroatoms. The molecule has 1 aliphatic rings. The van der Waals surface area contributed by atoms with Crippen molar-refractivity contribution < 1.29 is 4.21 Å². The summed E-state index contributed by atoms with van der Waals surface area (Å²) in [5, 5.41) is 0. The van der Waals surface area contributed by atoms with Gasteiger partial charge in [0.1, 0.15) is 6.33 Å². The normalized spacial score (nSPS) is 25.3. The lowest BCUT2D eigenvalue weighted by Gasteiger charge is -2.21. The van der Waals surface area contributed by atoms with E-state index in [0.29, 0.717) is 5.75 Å². The molecule has 1 atom stereocenters. The minimum absolute atomic E-state index is 0.0995. The molecule has 0 amide bonds. The molecule has 0 spiro atoms. The Morgan fingerprint density at radius 1 is 1.40 bits per heavy atom. The summed E-state index contributed by atoms with van der Waals surface area (Å²) in [4.78, 5) is 9.30. The Morgan fingerprint density at radius 3 is 2.67 bits per heavy atom. The van der Waals surface area contributed by atoms with Crippen molar-refractivity contribution in [3.63, 3.8) is 0 Å². The molecule has 1 unspecified atom stereocenters. The van der Waals surface area contributed by atoms with Crippen molar-refractivity contribution in [3.05, 3.63) is 17.7 Å². The number of hydrogen-bond acceptors (Lipinski definition) is 3. The van der Waals surface area contributed by atoms with Gasteiger partial charge >= 0.3 is 0 Å². The number of rotatable bonds is 0. The van der Waals surface area contributed by atoms with E-state index in [2.05, 4.69) is 36.6 Å². The zero-order valence-electron chi connectivity index (χ0n) is 9.41. The van der Waals surface area contributed by atoms with Crippen molar-refractivity contribution in [1.82, 2.24) is 9.97 Å². The van der Waals surface area contributed by atoms with Gasteiger partial charge in [-0.2, -0.15) is 0 Å². The number of aryl methyl sites for hydroxylation is 1. The van der Waals surface area contributed by atoms with Crippen LogP contribution < -0.4 is 0 Å². The molecular weight excluding hydrogens is 208 g/mol. The van der Waals surface area contributed by atoms with Crippen LogP contribution in [0.25, 0.3) is 0 Å². The lowest BCUT2D eigenvalue weighted by molar-refractivity contribution is 0.548. The van der Waals surface area contributed by atoms with E-state index in [9.17, 15) is 4.21 Å². The number of fused-ring (bicyclic) bond motifs is 1. The van der Waals surface area contributed by atoms with Crippen LogP contribution in [-0.4, -0.2) is 25.8 Å². The molecule has 1 aromatic heterocycles. The molecule has 0 radical (unpaired) electrons. The van der Waals surface area contributed by atoms with E-state index in [-0.39, 0.29) is 5.41 Å². The van der Waals surface area contributed by atoms with Gasteiger partial charge in [0, 0.05) is 17.6 Å². The number of hydrogen-bond donors (Lipinski definition) is 0. The molecule has 1 aliphatic heterocycles. The molecule has 0 saturated carbocycles. The first kappa shape index (κ1) is 10.6. The molecule has 2 rings (SSSR count). The summed E-state index contributed by atoms with van der Waals surface area (Å²) in [5.41, 5.74) is 1.72. The molecular formula is C11H16N2OS. The first-order valence-corrected chi connectivity index (χ1v) is 6.91. The van der Waals surface area contributed by atoms with Gasteiger partial charge in [0.25, 0.3) is 0 Å². The highest BCUT2D eigenvalue weighted by molar-refractivity contribution is 8.00. The average molecular weight is 224 g/mol. The zero-order valence-corrected chi connectivity index (χ0v) is 10.2. The fraction of sp³-hybridized carbons (Fsp3) is 0.545. The van der Waals surface area contributed by atoms with E-state index >= 15 is 0 Å². The molecule has 3 nitrogen and oxygen atoms in total. The molecule has 1 aromatic rings. The second-order valence-corrected chi connectivity index (χ2v) is 7.45. The predicted molar refractivity (Wildman–Crippen MR) is 62.8 cm³/mol. The third-order valence-corrected chi connectivity index (χ3v) is 4.67. The summed E-state index contributed by atoms with van der Waals surface area (Å²) in [6.07, 6.45) is 2.34. The van der Waals surface area contributed by atoms with Gasteiger partial charge in [0.2, 0.25) is 0 Å². The maximum Gasteiger partial charge on any atom is 0.116 e. The fourth-order valence-corrected chi connectivity index (χ4v) is 3.90. The zero-order chi connectivity index (χ0) is 11.3. The Kier molecular flexibility index (Phi) is 2.15. The maximum absolute atomic E-state index is 12.3. The smallest absolute Gasteiger partial charge is 0.116 e. The van der Waals surface area contributed by atoms with Crippen LogP contribution in [0.2, 0.25) is 0 Å². The molecule has 0 saturated heterocycles. The van der Waals surface area contributed by atoms with Crippen LogP contribution in [0.1, 0.15) is 32.2 Å². The van der Waals surface area contributed by atoms with Crippen LogP contribution in [0.5, 0.6) is 0 Å². The fourth-order valence-electron chi connectivity index (χ4n) is 1.88. The van der Waals surface area contributed by atoms with Crippen LogP contribution in [0.4, 0.5) is 0 Å². The average Bonchev–Trinajstić information content (AvgIpc) is 2.41. The highest BCUT2D eigenvalue weighted by Crippen LogP contribution is 2.33. The van der Waals surface area contributed by atoms with Crippen molar-refractivity contribution >= 4 is 15.4 Å². The van der Waals surface area contributed by atoms with E-state index in [1.54, 1.807) is 6.33 Å². The van der Waals surface area contributed by atoms with Gasteiger partial charge in [-0.15, -0.1) is 0 Å². The van der Waals surface area contributed by atoms with Gasteiger partial charge < -0.3 is 0 Å². The van der Waals surface area contributed by atoms with Crippen molar-refractivity contribution in [2.24, 2.45) is 0 Å². The van der Waals surface area contributed by atoms with Crippen molar-refractivity contribution in [2.75, 3.05) is 5.75 Å². The lowest BCUT2D eigenvalue weighted by atomic mass is 9.91. The Hall–Kier alpha value is -0.900. The highest BCUT2D eigenvalue weighted by Gasteiger charge is 2.31. The SMILES string of the molecule is C=S1(=O)CCc2ncnc(C(C)(C)C)c21. The van der Waals surface area contributed by atoms with E-state index in [0.717, 1.165) is 22.7 Å². The quantitative estimate of drug-likeness (QED) is 0.626. The van der Waals surface area contributed by atoms with Gasteiger partial charge in [-0.3, -0.25) is 4.21 Å². The molecule has 82 valence electrons. The van der Waals surface area contributed by atoms with Crippen LogP contribution >= 0.6 is 0 Å². The van der Waals surface area contributed by atoms with Gasteiger partial charge in [0.05, 0.1) is 16.3 Å². The summed E-state index contributed by atoms with van der Waals surface area (Å²) in [6.45, 7) is 6.22. The topological polar surface area (TPSA) is 42.9 Å². The Labute approximate surface area is 91.0 Å². The number of aromatic nitrogens is 2. The standard InChI is InChI=1S/C11H16N2OS/c1-11(2,3)10-9-8(12-7-13-10)5-6-15(9,4)14/h7H,4-6H2,1-3H3. The second kappa shape index (κ2) is 3.04. The molecule has 15 heavy (non-hydrogen) atoms. The third-order valence-electron chi connectivity index (χ3n) is 2.63. The predicted octanol–water partition coefficient (Wildman–Crippen LogP) is 1.41.